The van der Waals surface area contributed by atoms with Crippen LogP contribution in [-0.4, -0.2) is 18.8 Å². The van der Waals surface area contributed by atoms with Crippen LogP contribution in [0.4, 0.5) is 8.78 Å². The normalized spacial score (nSPS) is 33.4. The van der Waals surface area contributed by atoms with Crippen LogP contribution in [0.1, 0.15) is 12.0 Å². The molecule has 2 aliphatic rings. The Morgan fingerprint density at radius 1 is 1.56 bits per heavy atom. The highest BCUT2D eigenvalue weighted by atomic mass is 79.9. The predicted molar refractivity (Wildman–Crippen MR) is 66.4 cm³/mol. The third kappa shape index (κ3) is 1.62. The van der Waals surface area contributed by atoms with Crippen molar-refractivity contribution < 1.29 is 13.5 Å². The number of amidine groups is 1. The second kappa shape index (κ2) is 3.91. The van der Waals surface area contributed by atoms with Crippen LogP contribution >= 0.6 is 15.9 Å². The molecule has 1 fully saturated rings. The molecule has 2 N–H and O–H groups in total. The van der Waals surface area contributed by atoms with Crippen LogP contribution in [0.3, 0.4) is 0 Å². The van der Waals surface area contributed by atoms with Crippen molar-refractivity contribution in [2.45, 2.75) is 18.1 Å². The SMILES string of the molecule is NC1=N[C@](CF)(c2cc(Br)ccc2F)[C@H]2C[C@H]2O1. The molecule has 3 atom stereocenters. The first-order chi connectivity index (χ1) is 8.56. The second-order valence-corrected chi connectivity index (χ2v) is 5.55. The highest BCUT2D eigenvalue weighted by Crippen LogP contribution is 2.53. The van der Waals surface area contributed by atoms with Gasteiger partial charge in [-0.3, -0.25) is 0 Å². The third-order valence-electron chi connectivity index (χ3n) is 3.53. The second-order valence-electron chi connectivity index (χ2n) is 4.63. The lowest BCUT2D eigenvalue weighted by atomic mass is 9.86. The molecule has 1 saturated carbocycles. The van der Waals surface area contributed by atoms with E-state index < -0.39 is 18.0 Å². The van der Waals surface area contributed by atoms with Gasteiger partial charge in [0.05, 0.1) is 0 Å². The number of nitrogens with zero attached hydrogens (tertiary/aromatic N) is 1. The number of hydrogen-bond acceptors (Lipinski definition) is 3. The summed E-state index contributed by atoms with van der Waals surface area (Å²) >= 11 is 3.26. The number of nitrogens with two attached hydrogens (primary N) is 1. The zero-order valence-electron chi connectivity index (χ0n) is 9.37. The number of halogens is 3. The van der Waals surface area contributed by atoms with Crippen LogP contribution in [0.2, 0.25) is 0 Å². The first-order valence-electron chi connectivity index (χ1n) is 5.60. The quantitative estimate of drug-likeness (QED) is 0.911. The maximum atomic E-state index is 14.0. The van der Waals surface area contributed by atoms with Crippen molar-refractivity contribution in [3.8, 4) is 0 Å². The average molecular weight is 317 g/mol. The fourth-order valence-corrected chi connectivity index (χ4v) is 2.92. The number of hydrogen-bond donors (Lipinski definition) is 1. The molecule has 6 heteroatoms. The predicted octanol–water partition coefficient (Wildman–Crippen LogP) is 2.49. The number of aliphatic imine (C=N–C) groups is 1. The molecule has 3 rings (SSSR count). The fraction of sp³-hybridized carbons (Fsp3) is 0.417. The molecular formula is C12H11BrF2N2O. The van der Waals surface area contributed by atoms with Crippen LogP contribution in [0, 0.1) is 11.7 Å². The van der Waals surface area contributed by atoms with Crippen LogP contribution in [-0.2, 0) is 10.3 Å². The molecule has 1 aliphatic carbocycles. The number of ether oxygens (including phenoxy) is 1. The largest absolute Gasteiger partial charge is 0.462 e. The van der Waals surface area contributed by atoms with E-state index in [9.17, 15) is 8.78 Å². The summed E-state index contributed by atoms with van der Waals surface area (Å²) in [5, 5.41) is 0. The van der Waals surface area contributed by atoms with Gasteiger partial charge in [0.2, 0.25) is 0 Å². The summed E-state index contributed by atoms with van der Waals surface area (Å²) < 4.78 is 33.5. The van der Waals surface area contributed by atoms with Crippen molar-refractivity contribution in [1.29, 1.82) is 0 Å². The summed E-state index contributed by atoms with van der Waals surface area (Å²) in [7, 11) is 0. The van der Waals surface area contributed by atoms with Gasteiger partial charge in [0.15, 0.2) is 0 Å². The molecule has 0 radical (unpaired) electrons. The van der Waals surface area contributed by atoms with Crippen molar-refractivity contribution in [3.05, 3.63) is 34.1 Å². The van der Waals surface area contributed by atoms with Crippen molar-refractivity contribution in [2.24, 2.45) is 16.6 Å². The van der Waals surface area contributed by atoms with Gasteiger partial charge in [-0.1, -0.05) is 15.9 Å². The molecule has 96 valence electrons. The summed E-state index contributed by atoms with van der Waals surface area (Å²) in [6.07, 6.45) is 0.511. The molecule has 0 unspecified atom stereocenters. The summed E-state index contributed by atoms with van der Waals surface area (Å²) in [6.45, 7) is -0.786. The Kier molecular flexibility index (Phi) is 2.59. The maximum Gasteiger partial charge on any atom is 0.283 e. The molecule has 0 spiro atoms. The highest BCUT2D eigenvalue weighted by molar-refractivity contribution is 9.10. The van der Waals surface area contributed by atoms with E-state index in [1.54, 1.807) is 12.1 Å². The molecule has 1 aromatic rings. The molecule has 1 aliphatic heterocycles. The van der Waals surface area contributed by atoms with Gasteiger partial charge in [-0.2, -0.15) is 0 Å². The third-order valence-corrected chi connectivity index (χ3v) is 4.02. The topological polar surface area (TPSA) is 47.6 Å². The van der Waals surface area contributed by atoms with E-state index in [-0.39, 0.29) is 23.6 Å². The fourth-order valence-electron chi connectivity index (χ4n) is 2.56. The Morgan fingerprint density at radius 2 is 2.33 bits per heavy atom. The van der Waals surface area contributed by atoms with E-state index in [4.69, 9.17) is 10.5 Å². The molecule has 0 saturated heterocycles. The number of benzene rings is 1. The Bertz CT molecular complexity index is 537. The lowest BCUT2D eigenvalue weighted by molar-refractivity contribution is 0.168. The smallest absolute Gasteiger partial charge is 0.283 e. The van der Waals surface area contributed by atoms with E-state index in [1.807, 2.05) is 0 Å². The van der Waals surface area contributed by atoms with Gasteiger partial charge in [-0.25, -0.2) is 13.8 Å². The Labute approximate surface area is 111 Å². The van der Waals surface area contributed by atoms with E-state index in [2.05, 4.69) is 20.9 Å². The first-order valence-corrected chi connectivity index (χ1v) is 6.39. The molecule has 3 nitrogen and oxygen atoms in total. The molecule has 0 aromatic heterocycles. The van der Waals surface area contributed by atoms with E-state index in [0.29, 0.717) is 10.9 Å². The van der Waals surface area contributed by atoms with Gasteiger partial charge < -0.3 is 10.5 Å². The van der Waals surface area contributed by atoms with Gasteiger partial charge in [0.25, 0.3) is 6.02 Å². The number of rotatable bonds is 2. The van der Waals surface area contributed by atoms with E-state index in [0.717, 1.165) is 0 Å². The Balaban J connectivity index is 2.16. The highest BCUT2D eigenvalue weighted by Gasteiger charge is 2.59. The van der Waals surface area contributed by atoms with Crippen molar-refractivity contribution in [1.82, 2.24) is 0 Å². The monoisotopic (exact) mass is 316 g/mol. The minimum atomic E-state index is -1.24. The minimum absolute atomic E-state index is 0.0641. The Hall–Kier alpha value is -1.17. The van der Waals surface area contributed by atoms with E-state index >= 15 is 0 Å². The van der Waals surface area contributed by atoms with Gasteiger partial charge in [-0.05, 0) is 24.6 Å². The summed E-state index contributed by atoms with van der Waals surface area (Å²) in [5.74, 6) is -0.612. The lowest BCUT2D eigenvalue weighted by Gasteiger charge is -2.31. The van der Waals surface area contributed by atoms with Gasteiger partial charge in [-0.15, -0.1) is 0 Å². The minimum Gasteiger partial charge on any atom is -0.462 e. The summed E-state index contributed by atoms with van der Waals surface area (Å²) in [5.41, 5.74) is 4.55. The van der Waals surface area contributed by atoms with Crippen molar-refractivity contribution in [2.75, 3.05) is 6.67 Å². The van der Waals surface area contributed by atoms with Crippen LogP contribution in [0.5, 0.6) is 0 Å². The molecule has 18 heavy (non-hydrogen) atoms. The molecule has 1 heterocycles. The number of alkyl halides is 1. The standard InChI is InChI=1S/C12H11BrF2N2O/c13-6-1-2-9(15)7(3-6)12(5-14)8-4-10(8)18-11(16)17-12/h1-3,8,10H,4-5H2,(H2,16,17)/t8-,10+,12+/m0/s1. The Morgan fingerprint density at radius 3 is 3.06 bits per heavy atom. The number of fused-ring (bicyclic) bond motifs is 1. The van der Waals surface area contributed by atoms with Crippen molar-refractivity contribution in [3.63, 3.8) is 0 Å². The zero-order chi connectivity index (χ0) is 12.9. The van der Waals surface area contributed by atoms with Crippen LogP contribution < -0.4 is 5.73 Å². The average Bonchev–Trinajstić information content (AvgIpc) is 3.10. The molecule has 0 amide bonds. The van der Waals surface area contributed by atoms with Gasteiger partial charge in [0.1, 0.15) is 24.1 Å². The molecule has 0 bridgehead atoms. The van der Waals surface area contributed by atoms with Crippen LogP contribution in [0.15, 0.2) is 27.7 Å². The zero-order valence-corrected chi connectivity index (χ0v) is 11.0. The maximum absolute atomic E-state index is 14.0. The first kappa shape index (κ1) is 11.9. The van der Waals surface area contributed by atoms with Gasteiger partial charge >= 0.3 is 0 Å². The molecule has 1 aromatic carbocycles. The van der Waals surface area contributed by atoms with Crippen molar-refractivity contribution >= 4 is 22.0 Å². The van der Waals surface area contributed by atoms with Gasteiger partial charge in [0, 0.05) is 16.0 Å². The van der Waals surface area contributed by atoms with E-state index in [1.165, 1.54) is 6.07 Å². The lowest BCUT2D eigenvalue weighted by Crippen LogP contribution is -2.39. The summed E-state index contributed by atoms with van der Waals surface area (Å²) in [4.78, 5) is 4.06. The summed E-state index contributed by atoms with van der Waals surface area (Å²) in [6, 6.07) is 4.37. The molecular weight excluding hydrogens is 306 g/mol. The van der Waals surface area contributed by atoms with Crippen LogP contribution in [0.25, 0.3) is 0 Å².